The summed E-state index contributed by atoms with van der Waals surface area (Å²) in [4.78, 5) is 23.3. The fourth-order valence-corrected chi connectivity index (χ4v) is 1.66. The van der Waals surface area contributed by atoms with E-state index in [0.29, 0.717) is 13.0 Å². The van der Waals surface area contributed by atoms with Crippen LogP contribution >= 0.6 is 0 Å². The van der Waals surface area contributed by atoms with Crippen molar-refractivity contribution in [3.63, 3.8) is 0 Å². The van der Waals surface area contributed by atoms with Gasteiger partial charge in [-0.2, -0.15) is 0 Å². The van der Waals surface area contributed by atoms with E-state index in [9.17, 15) is 9.59 Å². The fourth-order valence-electron chi connectivity index (χ4n) is 1.66. The third kappa shape index (κ3) is 5.73. The molecule has 5 nitrogen and oxygen atoms in total. The minimum absolute atomic E-state index is 0.365. The van der Waals surface area contributed by atoms with Gasteiger partial charge in [0.1, 0.15) is 6.04 Å². The molecule has 0 spiro atoms. The Kier molecular flexibility index (Phi) is 7.17. The number of carbonyl (C=O) groups excluding carboxylic acids is 2. The molecule has 0 saturated carbocycles. The first-order chi connectivity index (χ1) is 9.67. The highest BCUT2D eigenvalue weighted by Crippen LogP contribution is 2.05. The van der Waals surface area contributed by atoms with Crippen LogP contribution in [0.2, 0.25) is 0 Å². The Hall–Kier alpha value is -2.04. The van der Waals surface area contributed by atoms with Crippen molar-refractivity contribution >= 4 is 12.1 Å². The van der Waals surface area contributed by atoms with Crippen molar-refractivity contribution in [1.82, 2.24) is 5.32 Å². The number of nitrogens with one attached hydrogen (secondary N) is 1. The van der Waals surface area contributed by atoms with E-state index in [1.807, 2.05) is 37.3 Å². The van der Waals surface area contributed by atoms with Crippen LogP contribution in [-0.4, -0.2) is 31.8 Å². The Bertz CT molecular complexity index is 419. The van der Waals surface area contributed by atoms with Crippen LogP contribution in [0, 0.1) is 0 Å². The number of alkyl carbamates (subject to hydrolysis) is 1. The van der Waals surface area contributed by atoms with Crippen LogP contribution in [0.4, 0.5) is 4.79 Å². The van der Waals surface area contributed by atoms with Crippen molar-refractivity contribution in [3.8, 4) is 0 Å². The van der Waals surface area contributed by atoms with Crippen molar-refractivity contribution < 1.29 is 19.1 Å². The molecule has 1 rings (SSSR count). The van der Waals surface area contributed by atoms with E-state index in [4.69, 9.17) is 4.74 Å². The summed E-state index contributed by atoms with van der Waals surface area (Å²) in [5.74, 6) is -0.437. The summed E-state index contributed by atoms with van der Waals surface area (Å²) in [6.45, 7) is 2.38. The number of amides is 1. The molecule has 0 bridgehead atoms. The van der Waals surface area contributed by atoms with Gasteiger partial charge < -0.3 is 14.8 Å². The standard InChI is InChI=1S/C15H21NO4/c1-3-4-10-20-14(17)13(16-15(18)19-2)11-12-8-6-5-7-9-12/h5-9,13H,3-4,10-11H2,1-2H3,(H,16,18). The van der Waals surface area contributed by atoms with E-state index in [2.05, 4.69) is 10.1 Å². The zero-order valence-corrected chi connectivity index (χ0v) is 11.9. The first-order valence-corrected chi connectivity index (χ1v) is 6.72. The number of hydrogen-bond donors (Lipinski definition) is 1. The number of hydrogen-bond acceptors (Lipinski definition) is 4. The number of methoxy groups -OCH3 is 1. The maximum atomic E-state index is 12.0. The van der Waals surface area contributed by atoms with E-state index < -0.39 is 18.1 Å². The zero-order chi connectivity index (χ0) is 14.8. The Labute approximate surface area is 119 Å². The van der Waals surface area contributed by atoms with Gasteiger partial charge in [-0.05, 0) is 12.0 Å². The summed E-state index contributed by atoms with van der Waals surface area (Å²) >= 11 is 0. The molecule has 110 valence electrons. The Morgan fingerprint density at radius 1 is 1.25 bits per heavy atom. The van der Waals surface area contributed by atoms with Crippen LogP contribution < -0.4 is 5.32 Å². The predicted octanol–water partition coefficient (Wildman–Crippen LogP) is 2.30. The Morgan fingerprint density at radius 3 is 2.55 bits per heavy atom. The van der Waals surface area contributed by atoms with Crippen LogP contribution in [0.15, 0.2) is 30.3 Å². The second-order valence-corrected chi connectivity index (χ2v) is 4.40. The predicted molar refractivity (Wildman–Crippen MR) is 75.3 cm³/mol. The average molecular weight is 279 g/mol. The minimum atomic E-state index is -0.735. The molecule has 1 atom stereocenters. The number of benzene rings is 1. The molecular weight excluding hydrogens is 258 g/mol. The summed E-state index contributed by atoms with van der Waals surface area (Å²) < 4.78 is 9.69. The second-order valence-electron chi connectivity index (χ2n) is 4.40. The molecule has 1 amide bonds. The van der Waals surface area contributed by atoms with Crippen LogP contribution in [0.5, 0.6) is 0 Å². The molecule has 0 aliphatic rings. The molecule has 1 unspecified atom stereocenters. The Morgan fingerprint density at radius 2 is 1.95 bits per heavy atom. The molecule has 0 heterocycles. The first-order valence-electron chi connectivity index (χ1n) is 6.72. The lowest BCUT2D eigenvalue weighted by Crippen LogP contribution is -2.43. The van der Waals surface area contributed by atoms with Gasteiger partial charge in [0.15, 0.2) is 0 Å². The molecule has 0 fully saturated rings. The van der Waals surface area contributed by atoms with E-state index in [-0.39, 0.29) is 0 Å². The van der Waals surface area contributed by atoms with E-state index in [1.54, 1.807) is 0 Å². The lowest BCUT2D eigenvalue weighted by molar-refractivity contribution is -0.146. The van der Waals surface area contributed by atoms with Gasteiger partial charge in [-0.1, -0.05) is 43.7 Å². The van der Waals surface area contributed by atoms with E-state index in [0.717, 1.165) is 18.4 Å². The normalized spacial score (nSPS) is 11.5. The van der Waals surface area contributed by atoms with Gasteiger partial charge in [-0.25, -0.2) is 9.59 Å². The molecular formula is C15H21NO4. The molecule has 0 aliphatic heterocycles. The largest absolute Gasteiger partial charge is 0.464 e. The SMILES string of the molecule is CCCCOC(=O)C(Cc1ccccc1)NC(=O)OC. The molecule has 5 heteroatoms. The Balaban J connectivity index is 2.64. The zero-order valence-electron chi connectivity index (χ0n) is 11.9. The summed E-state index contributed by atoms with van der Waals surface area (Å²) in [6, 6.07) is 8.71. The van der Waals surface area contributed by atoms with Gasteiger partial charge >= 0.3 is 12.1 Å². The maximum absolute atomic E-state index is 12.0. The third-order valence-corrected chi connectivity index (χ3v) is 2.79. The molecule has 1 aromatic rings. The molecule has 0 radical (unpaired) electrons. The molecule has 0 aromatic heterocycles. The van der Waals surface area contributed by atoms with Crippen molar-refractivity contribution in [2.24, 2.45) is 0 Å². The van der Waals surface area contributed by atoms with Gasteiger partial charge in [-0.15, -0.1) is 0 Å². The fraction of sp³-hybridized carbons (Fsp3) is 0.467. The highest BCUT2D eigenvalue weighted by molar-refractivity contribution is 5.81. The van der Waals surface area contributed by atoms with Crippen molar-refractivity contribution in [2.45, 2.75) is 32.2 Å². The van der Waals surface area contributed by atoms with Crippen molar-refractivity contribution in [2.75, 3.05) is 13.7 Å². The van der Waals surface area contributed by atoms with Crippen LogP contribution in [0.1, 0.15) is 25.3 Å². The molecule has 0 aliphatic carbocycles. The van der Waals surface area contributed by atoms with Crippen LogP contribution in [-0.2, 0) is 20.7 Å². The maximum Gasteiger partial charge on any atom is 0.407 e. The van der Waals surface area contributed by atoms with Crippen molar-refractivity contribution in [1.29, 1.82) is 0 Å². The number of esters is 1. The summed E-state index contributed by atoms with van der Waals surface area (Å²) in [7, 11) is 1.26. The summed E-state index contributed by atoms with van der Waals surface area (Å²) in [6.07, 6.45) is 1.49. The van der Waals surface area contributed by atoms with Gasteiger partial charge in [0.2, 0.25) is 0 Å². The monoisotopic (exact) mass is 279 g/mol. The molecule has 0 saturated heterocycles. The number of carbonyl (C=O) groups is 2. The van der Waals surface area contributed by atoms with E-state index in [1.165, 1.54) is 7.11 Å². The number of unbranched alkanes of at least 4 members (excludes halogenated alkanes) is 1. The number of ether oxygens (including phenoxy) is 2. The van der Waals surface area contributed by atoms with Gasteiger partial charge in [-0.3, -0.25) is 0 Å². The van der Waals surface area contributed by atoms with Crippen LogP contribution in [0.3, 0.4) is 0 Å². The lowest BCUT2D eigenvalue weighted by Gasteiger charge is -2.17. The highest BCUT2D eigenvalue weighted by atomic mass is 16.5. The third-order valence-electron chi connectivity index (χ3n) is 2.79. The molecule has 20 heavy (non-hydrogen) atoms. The van der Waals surface area contributed by atoms with Gasteiger partial charge in [0.05, 0.1) is 13.7 Å². The molecule has 1 aromatic carbocycles. The smallest absolute Gasteiger partial charge is 0.407 e. The first kappa shape index (κ1) is 16.0. The van der Waals surface area contributed by atoms with Gasteiger partial charge in [0, 0.05) is 6.42 Å². The summed E-state index contributed by atoms with van der Waals surface area (Å²) in [5.41, 5.74) is 0.946. The summed E-state index contributed by atoms with van der Waals surface area (Å²) in [5, 5.41) is 2.51. The highest BCUT2D eigenvalue weighted by Gasteiger charge is 2.22. The quantitative estimate of drug-likeness (QED) is 0.614. The van der Waals surface area contributed by atoms with Gasteiger partial charge in [0.25, 0.3) is 0 Å². The minimum Gasteiger partial charge on any atom is -0.464 e. The lowest BCUT2D eigenvalue weighted by atomic mass is 10.1. The number of rotatable bonds is 7. The van der Waals surface area contributed by atoms with Crippen molar-refractivity contribution in [3.05, 3.63) is 35.9 Å². The topological polar surface area (TPSA) is 64.6 Å². The second kappa shape index (κ2) is 8.96. The van der Waals surface area contributed by atoms with Crippen LogP contribution in [0.25, 0.3) is 0 Å². The molecule has 1 N–H and O–H groups in total. The average Bonchev–Trinajstić information content (AvgIpc) is 2.47. The van der Waals surface area contributed by atoms with E-state index >= 15 is 0 Å².